The second-order valence-corrected chi connectivity index (χ2v) is 6.38. The summed E-state index contributed by atoms with van der Waals surface area (Å²) in [6.07, 6.45) is 1.10. The molecule has 0 spiro atoms. The number of nitrogens with one attached hydrogen (secondary N) is 1. The van der Waals surface area contributed by atoms with Crippen molar-refractivity contribution in [3.63, 3.8) is 0 Å². The molecular formula is C16H28N4O. The lowest BCUT2D eigenvalue weighted by Gasteiger charge is -2.37. The van der Waals surface area contributed by atoms with Crippen molar-refractivity contribution in [2.24, 2.45) is 0 Å². The summed E-state index contributed by atoms with van der Waals surface area (Å²) in [4.78, 5) is 9.31. The van der Waals surface area contributed by atoms with Crippen LogP contribution in [-0.4, -0.2) is 59.9 Å². The van der Waals surface area contributed by atoms with Gasteiger partial charge in [0.1, 0.15) is 11.6 Å². The van der Waals surface area contributed by atoms with Crippen molar-refractivity contribution in [2.45, 2.75) is 32.8 Å². The normalized spacial score (nSPS) is 17.0. The maximum atomic E-state index is 9.90. The Bertz CT molecular complexity index is 436. The van der Waals surface area contributed by atoms with Gasteiger partial charge in [-0.15, -0.1) is 0 Å². The summed E-state index contributed by atoms with van der Waals surface area (Å²) in [5.41, 5.74) is -0.621. The Kier molecular flexibility index (Phi) is 5.42. The summed E-state index contributed by atoms with van der Waals surface area (Å²) in [6.45, 7) is 11.4. The van der Waals surface area contributed by atoms with E-state index in [0.717, 1.165) is 57.3 Å². The van der Waals surface area contributed by atoms with E-state index in [4.69, 9.17) is 0 Å². The molecule has 1 aromatic rings. The number of piperazine rings is 1. The molecule has 2 heterocycles. The fourth-order valence-corrected chi connectivity index (χ4v) is 2.63. The van der Waals surface area contributed by atoms with E-state index in [1.165, 1.54) is 0 Å². The molecule has 2 rings (SSSR count). The number of rotatable bonds is 6. The molecule has 0 saturated carbocycles. The van der Waals surface area contributed by atoms with E-state index in [9.17, 15) is 5.11 Å². The maximum absolute atomic E-state index is 9.90. The van der Waals surface area contributed by atoms with Crippen LogP contribution in [0.4, 0.5) is 11.6 Å². The fourth-order valence-electron chi connectivity index (χ4n) is 2.63. The molecule has 1 aliphatic heterocycles. The summed E-state index contributed by atoms with van der Waals surface area (Å²) in [5.74, 6) is 1.99. The maximum Gasteiger partial charge on any atom is 0.131 e. The van der Waals surface area contributed by atoms with Crippen molar-refractivity contribution in [1.29, 1.82) is 0 Å². The van der Waals surface area contributed by atoms with Crippen LogP contribution in [0.5, 0.6) is 0 Å². The van der Waals surface area contributed by atoms with Crippen molar-refractivity contribution >= 4 is 11.6 Å². The highest BCUT2D eigenvalue weighted by atomic mass is 16.3. The standard InChI is InChI=1S/C16H28N4O/c1-4-8-17-14-6-5-7-15(18-14)20-11-9-19(10-12-20)13-16(2,3)21/h5-7,21H,4,8-13H2,1-3H3,(H,17,18). The largest absolute Gasteiger partial charge is 0.389 e. The topological polar surface area (TPSA) is 51.6 Å². The van der Waals surface area contributed by atoms with Gasteiger partial charge in [0.15, 0.2) is 0 Å². The number of nitrogens with zero attached hydrogens (tertiary/aromatic N) is 3. The van der Waals surface area contributed by atoms with E-state index in [-0.39, 0.29) is 0 Å². The molecule has 1 saturated heterocycles. The first kappa shape index (κ1) is 16.0. The van der Waals surface area contributed by atoms with Crippen LogP contribution in [0.2, 0.25) is 0 Å². The lowest BCUT2D eigenvalue weighted by atomic mass is 10.1. The second kappa shape index (κ2) is 7.09. The quantitative estimate of drug-likeness (QED) is 0.837. The number of anilines is 2. The highest BCUT2D eigenvalue weighted by Gasteiger charge is 2.23. The number of β-amino-alcohol motifs (C(OH)–C–C–N with tert-alkyl or cyclic N) is 1. The molecule has 5 heteroatoms. The third kappa shape index (κ3) is 5.17. The summed E-state index contributed by atoms with van der Waals surface area (Å²) in [6, 6.07) is 6.15. The van der Waals surface area contributed by atoms with E-state index in [1.54, 1.807) is 0 Å². The average molecular weight is 292 g/mol. The first-order valence-electron chi connectivity index (χ1n) is 7.88. The van der Waals surface area contributed by atoms with Gasteiger partial charge in [-0.3, -0.25) is 4.90 Å². The summed E-state index contributed by atoms with van der Waals surface area (Å²) in [7, 11) is 0. The van der Waals surface area contributed by atoms with E-state index >= 15 is 0 Å². The SMILES string of the molecule is CCCNc1cccc(N2CCN(CC(C)(C)O)CC2)n1. The Morgan fingerprint density at radius 1 is 1.24 bits per heavy atom. The van der Waals surface area contributed by atoms with Crippen LogP contribution in [0.25, 0.3) is 0 Å². The van der Waals surface area contributed by atoms with Crippen molar-refractivity contribution in [2.75, 3.05) is 49.5 Å². The molecule has 0 amide bonds. The van der Waals surface area contributed by atoms with Gasteiger partial charge < -0.3 is 15.3 Å². The highest BCUT2D eigenvalue weighted by molar-refractivity contribution is 5.47. The van der Waals surface area contributed by atoms with Gasteiger partial charge in [-0.2, -0.15) is 0 Å². The van der Waals surface area contributed by atoms with Gasteiger partial charge in [-0.1, -0.05) is 13.0 Å². The van der Waals surface area contributed by atoms with E-state index < -0.39 is 5.60 Å². The molecule has 5 nitrogen and oxygen atoms in total. The highest BCUT2D eigenvalue weighted by Crippen LogP contribution is 2.17. The molecule has 118 valence electrons. The van der Waals surface area contributed by atoms with Gasteiger partial charge >= 0.3 is 0 Å². The zero-order valence-corrected chi connectivity index (χ0v) is 13.5. The van der Waals surface area contributed by atoms with Gasteiger partial charge in [-0.05, 0) is 32.4 Å². The third-order valence-electron chi connectivity index (χ3n) is 3.60. The molecule has 0 aliphatic carbocycles. The lowest BCUT2D eigenvalue weighted by Crippen LogP contribution is -2.50. The predicted molar refractivity (Wildman–Crippen MR) is 88.0 cm³/mol. The lowest BCUT2D eigenvalue weighted by molar-refractivity contribution is 0.0344. The zero-order chi connectivity index (χ0) is 15.3. The zero-order valence-electron chi connectivity index (χ0n) is 13.5. The van der Waals surface area contributed by atoms with Crippen molar-refractivity contribution in [3.05, 3.63) is 18.2 Å². The van der Waals surface area contributed by atoms with Crippen LogP contribution < -0.4 is 10.2 Å². The van der Waals surface area contributed by atoms with Crippen molar-refractivity contribution in [3.8, 4) is 0 Å². The van der Waals surface area contributed by atoms with Crippen LogP contribution in [0.1, 0.15) is 27.2 Å². The molecule has 0 atom stereocenters. The van der Waals surface area contributed by atoms with Crippen molar-refractivity contribution < 1.29 is 5.11 Å². The molecule has 0 bridgehead atoms. The second-order valence-electron chi connectivity index (χ2n) is 6.38. The minimum Gasteiger partial charge on any atom is -0.389 e. The molecule has 21 heavy (non-hydrogen) atoms. The first-order chi connectivity index (χ1) is 9.98. The monoisotopic (exact) mass is 292 g/mol. The van der Waals surface area contributed by atoms with Gasteiger partial charge in [-0.25, -0.2) is 4.98 Å². The van der Waals surface area contributed by atoms with Crippen LogP contribution in [-0.2, 0) is 0 Å². The third-order valence-corrected chi connectivity index (χ3v) is 3.60. The molecule has 0 radical (unpaired) electrons. The number of hydrogen-bond donors (Lipinski definition) is 2. The van der Waals surface area contributed by atoms with E-state index in [2.05, 4.69) is 39.2 Å². The molecule has 1 aromatic heterocycles. The Labute approximate surface area is 128 Å². The fraction of sp³-hybridized carbons (Fsp3) is 0.688. The minimum absolute atomic E-state index is 0.621. The molecule has 0 unspecified atom stereocenters. The van der Waals surface area contributed by atoms with Crippen LogP contribution in [0.15, 0.2) is 18.2 Å². The van der Waals surface area contributed by atoms with Crippen molar-refractivity contribution in [1.82, 2.24) is 9.88 Å². The summed E-state index contributed by atoms with van der Waals surface area (Å²) in [5, 5.41) is 13.2. The van der Waals surface area contributed by atoms with Gasteiger partial charge in [0.05, 0.1) is 5.60 Å². The molecule has 2 N–H and O–H groups in total. The Hall–Kier alpha value is -1.33. The summed E-state index contributed by atoms with van der Waals surface area (Å²) < 4.78 is 0. The number of aliphatic hydroxyl groups is 1. The Morgan fingerprint density at radius 2 is 1.95 bits per heavy atom. The van der Waals surface area contributed by atoms with Crippen LogP contribution >= 0.6 is 0 Å². The number of aromatic nitrogens is 1. The summed E-state index contributed by atoms with van der Waals surface area (Å²) >= 11 is 0. The molecule has 1 fully saturated rings. The number of pyridine rings is 1. The minimum atomic E-state index is -0.621. The van der Waals surface area contributed by atoms with Crippen LogP contribution in [0.3, 0.4) is 0 Å². The molecule has 1 aliphatic rings. The Morgan fingerprint density at radius 3 is 2.57 bits per heavy atom. The first-order valence-corrected chi connectivity index (χ1v) is 7.88. The number of hydrogen-bond acceptors (Lipinski definition) is 5. The Balaban J connectivity index is 1.90. The molecule has 0 aromatic carbocycles. The van der Waals surface area contributed by atoms with Crippen LogP contribution in [0, 0.1) is 0 Å². The van der Waals surface area contributed by atoms with Gasteiger partial charge in [0.2, 0.25) is 0 Å². The predicted octanol–water partition coefficient (Wildman–Crippen LogP) is 1.80. The van der Waals surface area contributed by atoms with E-state index in [0.29, 0.717) is 0 Å². The van der Waals surface area contributed by atoms with E-state index in [1.807, 2.05) is 19.9 Å². The van der Waals surface area contributed by atoms with Gasteiger partial charge in [0.25, 0.3) is 0 Å². The molecular weight excluding hydrogens is 264 g/mol. The smallest absolute Gasteiger partial charge is 0.131 e. The van der Waals surface area contributed by atoms with Gasteiger partial charge in [0, 0.05) is 39.3 Å². The average Bonchev–Trinajstić information content (AvgIpc) is 2.44.